The second kappa shape index (κ2) is 7.64. The van der Waals surface area contributed by atoms with Crippen molar-refractivity contribution in [2.75, 3.05) is 26.2 Å². The Kier molecular flexibility index (Phi) is 5.85. The average Bonchev–Trinajstić information content (AvgIpc) is 3.26. The zero-order chi connectivity index (χ0) is 15.2. The van der Waals surface area contributed by atoms with Crippen LogP contribution in [0.25, 0.3) is 0 Å². The van der Waals surface area contributed by atoms with Gasteiger partial charge in [0.25, 0.3) is 0 Å². The van der Waals surface area contributed by atoms with Crippen LogP contribution < -0.4 is 5.32 Å². The van der Waals surface area contributed by atoms with Crippen LogP contribution in [0.15, 0.2) is 0 Å². The fourth-order valence-corrected chi connectivity index (χ4v) is 2.93. The van der Waals surface area contributed by atoms with Crippen LogP contribution in [-0.4, -0.2) is 65.2 Å². The number of hydrogen-bond donors (Lipinski definition) is 2. The van der Waals surface area contributed by atoms with Crippen molar-refractivity contribution in [3.8, 4) is 0 Å². The highest BCUT2D eigenvalue weighted by molar-refractivity contribution is 5.76. The number of aliphatic carboxylic acids is 1. The first-order valence-electron chi connectivity index (χ1n) is 8.11. The number of hydrogen-bond acceptors (Lipinski definition) is 3. The van der Waals surface area contributed by atoms with Crippen LogP contribution in [-0.2, 0) is 4.79 Å². The first-order valence-corrected chi connectivity index (χ1v) is 8.11. The number of nitrogens with zero attached hydrogens (tertiary/aromatic N) is 2. The van der Waals surface area contributed by atoms with Crippen LogP contribution in [0.3, 0.4) is 0 Å². The molecule has 1 saturated heterocycles. The molecule has 0 radical (unpaired) electrons. The minimum Gasteiger partial charge on any atom is -0.481 e. The van der Waals surface area contributed by atoms with Crippen molar-refractivity contribution in [1.29, 1.82) is 0 Å². The van der Waals surface area contributed by atoms with Crippen molar-refractivity contribution in [2.24, 2.45) is 0 Å². The van der Waals surface area contributed by atoms with Gasteiger partial charge in [0, 0.05) is 31.7 Å². The maximum atomic E-state index is 12.3. The zero-order valence-electron chi connectivity index (χ0n) is 12.9. The quantitative estimate of drug-likeness (QED) is 0.747. The molecule has 0 bridgehead atoms. The molecule has 2 N–H and O–H groups in total. The molecule has 1 aliphatic carbocycles. The zero-order valence-corrected chi connectivity index (χ0v) is 12.9. The Labute approximate surface area is 126 Å². The summed E-state index contributed by atoms with van der Waals surface area (Å²) in [6.07, 6.45) is 5.18. The fourth-order valence-electron chi connectivity index (χ4n) is 2.93. The summed E-state index contributed by atoms with van der Waals surface area (Å²) in [5.41, 5.74) is 0. The summed E-state index contributed by atoms with van der Waals surface area (Å²) in [7, 11) is 0. The normalized spacial score (nSPS) is 20.2. The molecule has 2 aliphatic rings. The van der Waals surface area contributed by atoms with Crippen molar-refractivity contribution >= 4 is 12.0 Å². The summed E-state index contributed by atoms with van der Waals surface area (Å²) in [4.78, 5) is 27.2. The van der Waals surface area contributed by atoms with Gasteiger partial charge >= 0.3 is 12.0 Å². The van der Waals surface area contributed by atoms with E-state index in [1.54, 1.807) is 4.90 Å². The van der Waals surface area contributed by atoms with E-state index < -0.39 is 5.97 Å². The molecule has 0 aromatic rings. The highest BCUT2D eigenvalue weighted by Crippen LogP contribution is 2.27. The maximum absolute atomic E-state index is 12.3. The largest absolute Gasteiger partial charge is 0.481 e. The van der Waals surface area contributed by atoms with Gasteiger partial charge in [-0.2, -0.15) is 0 Å². The molecule has 2 fully saturated rings. The van der Waals surface area contributed by atoms with E-state index in [0.29, 0.717) is 6.54 Å². The SMILES string of the molecule is CCCN1CCC(NC(=O)N(CCC(=O)O)C2CC2)CC1. The van der Waals surface area contributed by atoms with Crippen molar-refractivity contribution in [2.45, 2.75) is 57.5 Å². The van der Waals surface area contributed by atoms with Crippen LogP contribution in [0.4, 0.5) is 4.79 Å². The minimum absolute atomic E-state index is 0.0267. The molecule has 1 aliphatic heterocycles. The van der Waals surface area contributed by atoms with E-state index in [1.807, 2.05) is 0 Å². The number of carboxylic acids is 1. The second-order valence-electron chi connectivity index (χ2n) is 6.13. The van der Waals surface area contributed by atoms with E-state index in [1.165, 1.54) is 6.42 Å². The van der Waals surface area contributed by atoms with Gasteiger partial charge in [-0.1, -0.05) is 6.92 Å². The molecule has 21 heavy (non-hydrogen) atoms. The summed E-state index contributed by atoms with van der Waals surface area (Å²) in [5.74, 6) is -0.846. The molecule has 120 valence electrons. The Morgan fingerprint density at radius 1 is 1.24 bits per heavy atom. The van der Waals surface area contributed by atoms with E-state index in [-0.39, 0.29) is 24.5 Å². The number of nitrogens with one attached hydrogen (secondary N) is 1. The van der Waals surface area contributed by atoms with Gasteiger partial charge in [-0.05, 0) is 38.6 Å². The molecule has 2 rings (SSSR count). The van der Waals surface area contributed by atoms with Crippen molar-refractivity contribution in [3.63, 3.8) is 0 Å². The second-order valence-corrected chi connectivity index (χ2v) is 6.13. The molecular formula is C15H27N3O3. The number of carbonyl (C=O) groups excluding carboxylic acids is 1. The van der Waals surface area contributed by atoms with Crippen LogP contribution in [0.5, 0.6) is 0 Å². The molecule has 0 unspecified atom stereocenters. The van der Waals surface area contributed by atoms with Crippen molar-refractivity contribution in [3.05, 3.63) is 0 Å². The van der Waals surface area contributed by atoms with E-state index in [4.69, 9.17) is 5.11 Å². The van der Waals surface area contributed by atoms with Crippen LogP contribution in [0.2, 0.25) is 0 Å². The first kappa shape index (κ1) is 16.1. The Hall–Kier alpha value is -1.30. The molecule has 1 saturated carbocycles. The monoisotopic (exact) mass is 297 g/mol. The molecule has 6 heteroatoms. The molecule has 0 aromatic heterocycles. The first-order chi connectivity index (χ1) is 10.1. The molecule has 0 spiro atoms. The van der Waals surface area contributed by atoms with Gasteiger partial charge < -0.3 is 20.2 Å². The third kappa shape index (κ3) is 5.19. The summed E-state index contributed by atoms with van der Waals surface area (Å²) >= 11 is 0. The Balaban J connectivity index is 1.75. The number of piperidine rings is 1. The van der Waals surface area contributed by atoms with Gasteiger partial charge in [0.1, 0.15) is 0 Å². The fraction of sp³-hybridized carbons (Fsp3) is 0.867. The number of rotatable bonds is 7. The number of carbonyl (C=O) groups is 2. The topological polar surface area (TPSA) is 72.9 Å². The summed E-state index contributed by atoms with van der Waals surface area (Å²) in [6, 6.07) is 0.411. The average molecular weight is 297 g/mol. The molecule has 0 atom stereocenters. The molecule has 2 amide bonds. The summed E-state index contributed by atoms with van der Waals surface area (Å²) < 4.78 is 0. The van der Waals surface area contributed by atoms with E-state index >= 15 is 0 Å². The maximum Gasteiger partial charge on any atom is 0.317 e. The van der Waals surface area contributed by atoms with Gasteiger partial charge in [-0.15, -0.1) is 0 Å². The molecule has 1 heterocycles. The predicted molar refractivity (Wildman–Crippen MR) is 80.3 cm³/mol. The van der Waals surface area contributed by atoms with Gasteiger partial charge in [-0.3, -0.25) is 4.79 Å². The smallest absolute Gasteiger partial charge is 0.317 e. The van der Waals surface area contributed by atoms with E-state index in [2.05, 4.69) is 17.1 Å². The van der Waals surface area contributed by atoms with Gasteiger partial charge in [0.05, 0.1) is 6.42 Å². The lowest BCUT2D eigenvalue weighted by Gasteiger charge is -2.33. The van der Waals surface area contributed by atoms with Crippen molar-refractivity contribution in [1.82, 2.24) is 15.1 Å². The van der Waals surface area contributed by atoms with Gasteiger partial charge in [-0.25, -0.2) is 4.79 Å². The van der Waals surface area contributed by atoms with E-state index in [9.17, 15) is 9.59 Å². The third-order valence-corrected chi connectivity index (χ3v) is 4.27. The highest BCUT2D eigenvalue weighted by Gasteiger charge is 2.33. The Morgan fingerprint density at radius 3 is 2.43 bits per heavy atom. The van der Waals surface area contributed by atoms with Crippen LogP contribution in [0.1, 0.15) is 45.4 Å². The highest BCUT2D eigenvalue weighted by atomic mass is 16.4. The lowest BCUT2D eigenvalue weighted by molar-refractivity contribution is -0.137. The molecule has 6 nitrogen and oxygen atoms in total. The summed E-state index contributed by atoms with van der Waals surface area (Å²) in [6.45, 7) is 5.71. The number of urea groups is 1. The Morgan fingerprint density at radius 2 is 1.90 bits per heavy atom. The lowest BCUT2D eigenvalue weighted by atomic mass is 10.1. The molecular weight excluding hydrogens is 270 g/mol. The lowest BCUT2D eigenvalue weighted by Crippen LogP contribution is -2.50. The standard InChI is InChI=1S/C15H27N3O3/c1-2-8-17-9-5-12(6-10-17)16-15(21)18(13-3-4-13)11-7-14(19)20/h12-13H,2-11H2,1H3,(H,16,21)(H,19,20). The number of likely N-dealkylation sites (tertiary alicyclic amines) is 1. The minimum atomic E-state index is -0.846. The number of carboxylic acid groups (broad SMARTS) is 1. The van der Waals surface area contributed by atoms with Crippen LogP contribution >= 0.6 is 0 Å². The van der Waals surface area contributed by atoms with Gasteiger partial charge in [0.15, 0.2) is 0 Å². The van der Waals surface area contributed by atoms with E-state index in [0.717, 1.165) is 45.3 Å². The summed E-state index contributed by atoms with van der Waals surface area (Å²) in [5, 5.41) is 11.9. The Bertz CT molecular complexity index is 363. The molecule has 0 aromatic carbocycles. The predicted octanol–water partition coefficient (Wildman–Crippen LogP) is 1.51. The third-order valence-electron chi connectivity index (χ3n) is 4.27. The number of amides is 2. The van der Waals surface area contributed by atoms with Crippen molar-refractivity contribution < 1.29 is 14.7 Å². The van der Waals surface area contributed by atoms with Gasteiger partial charge in [0.2, 0.25) is 0 Å². The van der Waals surface area contributed by atoms with Crippen LogP contribution in [0, 0.1) is 0 Å².